The number of hydrogen-bond acceptors (Lipinski definition) is 2. The van der Waals surface area contributed by atoms with E-state index in [0.29, 0.717) is 0 Å². The van der Waals surface area contributed by atoms with Gasteiger partial charge in [-0.3, -0.25) is 0 Å². The van der Waals surface area contributed by atoms with Crippen molar-refractivity contribution < 1.29 is 0 Å². The van der Waals surface area contributed by atoms with Gasteiger partial charge in [0, 0.05) is 17.6 Å². The Hall–Kier alpha value is -0.540. The number of rotatable bonds is 2. The predicted octanol–water partition coefficient (Wildman–Crippen LogP) is 3.58. The lowest BCUT2D eigenvalue weighted by Crippen LogP contribution is -2.36. The summed E-state index contributed by atoms with van der Waals surface area (Å²) in [7, 11) is 0. The number of anilines is 1. The average molecular weight is 323 g/mol. The lowest BCUT2D eigenvalue weighted by Gasteiger charge is -2.36. The molecule has 0 radical (unpaired) electrons. The van der Waals surface area contributed by atoms with E-state index in [-0.39, 0.29) is 0 Å². The van der Waals surface area contributed by atoms with Gasteiger partial charge in [0.1, 0.15) is 0 Å². The molecule has 3 rings (SSSR count). The number of nitrogens with one attached hydrogen (secondary N) is 1. The van der Waals surface area contributed by atoms with Crippen LogP contribution in [0.1, 0.15) is 24.8 Å². The Balaban J connectivity index is 1.63. The van der Waals surface area contributed by atoms with Crippen LogP contribution in [0, 0.1) is 18.8 Å². The highest BCUT2D eigenvalue weighted by Crippen LogP contribution is 2.34. The molecule has 0 amide bonds. The smallest absolute Gasteiger partial charge is 0.0510 e. The molecule has 1 atom stereocenters. The molecule has 1 N–H and O–H groups in total. The molecule has 2 aliphatic heterocycles. The van der Waals surface area contributed by atoms with Crippen molar-refractivity contribution >= 4 is 21.6 Å². The maximum Gasteiger partial charge on any atom is 0.0510 e. The Morgan fingerprint density at radius 2 is 1.95 bits per heavy atom. The Bertz CT molecular complexity index is 432. The van der Waals surface area contributed by atoms with Crippen LogP contribution in [0.2, 0.25) is 0 Å². The Kier molecular flexibility index (Phi) is 4.13. The SMILES string of the molecule is Cc1ccc(N2CCC(C3CCNC3)CC2)c(Br)c1. The second-order valence-electron chi connectivity index (χ2n) is 6.03. The molecule has 2 nitrogen and oxygen atoms in total. The minimum Gasteiger partial charge on any atom is -0.371 e. The van der Waals surface area contributed by atoms with Crippen LogP contribution in [0.5, 0.6) is 0 Å². The topological polar surface area (TPSA) is 15.3 Å². The number of aryl methyl sites for hydroxylation is 1. The summed E-state index contributed by atoms with van der Waals surface area (Å²) in [5, 5.41) is 3.51. The number of benzene rings is 1. The summed E-state index contributed by atoms with van der Waals surface area (Å²) in [5.74, 6) is 1.87. The highest BCUT2D eigenvalue weighted by molar-refractivity contribution is 9.10. The second kappa shape index (κ2) is 5.84. The minimum atomic E-state index is 0.934. The number of nitrogens with zero attached hydrogens (tertiary/aromatic N) is 1. The summed E-state index contributed by atoms with van der Waals surface area (Å²) in [4.78, 5) is 2.54. The molecule has 0 spiro atoms. The van der Waals surface area contributed by atoms with E-state index >= 15 is 0 Å². The van der Waals surface area contributed by atoms with Crippen molar-refractivity contribution in [3.05, 3.63) is 28.2 Å². The molecule has 0 aromatic heterocycles. The lowest BCUT2D eigenvalue weighted by molar-refractivity contribution is 0.292. The van der Waals surface area contributed by atoms with Crippen LogP contribution < -0.4 is 10.2 Å². The van der Waals surface area contributed by atoms with E-state index in [1.54, 1.807) is 0 Å². The molecule has 3 heteroatoms. The molecule has 104 valence electrons. The standard InChI is InChI=1S/C16H23BrN2/c1-12-2-3-16(15(17)10-12)19-8-5-13(6-9-19)14-4-7-18-11-14/h2-3,10,13-14,18H,4-9,11H2,1H3. The van der Waals surface area contributed by atoms with E-state index in [0.717, 1.165) is 11.8 Å². The average Bonchev–Trinajstić information content (AvgIpc) is 2.93. The van der Waals surface area contributed by atoms with Crippen LogP contribution in [0.4, 0.5) is 5.69 Å². The van der Waals surface area contributed by atoms with Crippen molar-refractivity contribution in [1.82, 2.24) is 5.32 Å². The van der Waals surface area contributed by atoms with E-state index in [1.807, 2.05) is 0 Å². The van der Waals surface area contributed by atoms with E-state index < -0.39 is 0 Å². The lowest BCUT2D eigenvalue weighted by atomic mass is 9.83. The monoisotopic (exact) mass is 322 g/mol. The first-order chi connectivity index (χ1) is 9.24. The molecule has 2 aliphatic rings. The maximum absolute atomic E-state index is 3.71. The third kappa shape index (κ3) is 2.97. The Morgan fingerprint density at radius 1 is 1.16 bits per heavy atom. The quantitative estimate of drug-likeness (QED) is 0.895. The number of piperidine rings is 1. The molecule has 2 saturated heterocycles. The van der Waals surface area contributed by atoms with Gasteiger partial charge in [0.2, 0.25) is 0 Å². The summed E-state index contributed by atoms with van der Waals surface area (Å²) >= 11 is 3.71. The second-order valence-corrected chi connectivity index (χ2v) is 6.89. The fraction of sp³-hybridized carbons (Fsp3) is 0.625. The van der Waals surface area contributed by atoms with Crippen LogP contribution in [-0.2, 0) is 0 Å². The predicted molar refractivity (Wildman–Crippen MR) is 84.8 cm³/mol. The molecular weight excluding hydrogens is 300 g/mol. The van der Waals surface area contributed by atoms with Gasteiger partial charge in [0.05, 0.1) is 5.69 Å². The van der Waals surface area contributed by atoms with Crippen LogP contribution in [0.25, 0.3) is 0 Å². The zero-order valence-corrected chi connectivity index (χ0v) is 13.2. The van der Waals surface area contributed by atoms with Gasteiger partial charge in [-0.1, -0.05) is 6.07 Å². The summed E-state index contributed by atoms with van der Waals surface area (Å²) in [5.41, 5.74) is 2.69. The van der Waals surface area contributed by atoms with Gasteiger partial charge in [0.25, 0.3) is 0 Å². The van der Waals surface area contributed by atoms with Crippen molar-refractivity contribution in [3.8, 4) is 0 Å². The third-order valence-electron chi connectivity index (χ3n) is 4.75. The van der Waals surface area contributed by atoms with E-state index in [1.165, 1.54) is 61.2 Å². The largest absolute Gasteiger partial charge is 0.371 e. The molecule has 0 bridgehead atoms. The van der Waals surface area contributed by atoms with E-state index in [9.17, 15) is 0 Å². The summed E-state index contributed by atoms with van der Waals surface area (Å²) in [6, 6.07) is 6.70. The molecular formula is C16H23BrN2. The van der Waals surface area contributed by atoms with Gasteiger partial charge >= 0.3 is 0 Å². The van der Waals surface area contributed by atoms with Crippen molar-refractivity contribution in [2.24, 2.45) is 11.8 Å². The Morgan fingerprint density at radius 3 is 2.58 bits per heavy atom. The van der Waals surface area contributed by atoms with Gasteiger partial charge in [0.15, 0.2) is 0 Å². The van der Waals surface area contributed by atoms with Gasteiger partial charge < -0.3 is 10.2 Å². The summed E-state index contributed by atoms with van der Waals surface area (Å²) in [6.45, 7) is 7.05. The fourth-order valence-corrected chi connectivity index (χ4v) is 4.30. The molecule has 2 fully saturated rings. The first kappa shape index (κ1) is 13.4. The molecule has 2 heterocycles. The minimum absolute atomic E-state index is 0.934. The first-order valence-corrected chi connectivity index (χ1v) is 8.25. The number of hydrogen-bond donors (Lipinski definition) is 1. The van der Waals surface area contributed by atoms with Gasteiger partial charge in [-0.15, -0.1) is 0 Å². The van der Waals surface area contributed by atoms with Crippen molar-refractivity contribution in [1.29, 1.82) is 0 Å². The molecule has 19 heavy (non-hydrogen) atoms. The van der Waals surface area contributed by atoms with Gasteiger partial charge in [-0.05, 0) is 84.7 Å². The molecule has 1 unspecified atom stereocenters. The third-order valence-corrected chi connectivity index (χ3v) is 5.38. The number of halogens is 1. The molecule has 0 aliphatic carbocycles. The van der Waals surface area contributed by atoms with E-state index in [4.69, 9.17) is 0 Å². The zero-order valence-electron chi connectivity index (χ0n) is 11.7. The van der Waals surface area contributed by atoms with Crippen molar-refractivity contribution in [2.75, 3.05) is 31.1 Å². The maximum atomic E-state index is 3.71. The summed E-state index contributed by atoms with van der Waals surface area (Å²) < 4.78 is 1.24. The molecule has 1 aromatic rings. The van der Waals surface area contributed by atoms with Gasteiger partial charge in [-0.25, -0.2) is 0 Å². The van der Waals surface area contributed by atoms with Crippen LogP contribution in [0.3, 0.4) is 0 Å². The summed E-state index contributed by atoms with van der Waals surface area (Å²) in [6.07, 6.45) is 4.10. The van der Waals surface area contributed by atoms with Crippen LogP contribution >= 0.6 is 15.9 Å². The van der Waals surface area contributed by atoms with E-state index in [2.05, 4.69) is 51.3 Å². The first-order valence-electron chi connectivity index (χ1n) is 7.46. The highest BCUT2D eigenvalue weighted by Gasteiger charge is 2.28. The zero-order chi connectivity index (χ0) is 13.2. The molecule has 1 aromatic carbocycles. The highest BCUT2D eigenvalue weighted by atomic mass is 79.9. The normalized spacial score (nSPS) is 24.9. The van der Waals surface area contributed by atoms with Crippen LogP contribution in [-0.4, -0.2) is 26.2 Å². The molecule has 0 saturated carbocycles. The van der Waals surface area contributed by atoms with Crippen molar-refractivity contribution in [2.45, 2.75) is 26.2 Å². The van der Waals surface area contributed by atoms with Gasteiger partial charge in [-0.2, -0.15) is 0 Å². The fourth-order valence-electron chi connectivity index (χ4n) is 3.56. The Labute approximate surface area is 124 Å². The van der Waals surface area contributed by atoms with Crippen molar-refractivity contribution in [3.63, 3.8) is 0 Å². The van der Waals surface area contributed by atoms with Crippen LogP contribution in [0.15, 0.2) is 22.7 Å².